The first-order valence-electron chi connectivity index (χ1n) is 8.87. The molecule has 1 atom stereocenters. The predicted molar refractivity (Wildman–Crippen MR) is 111 cm³/mol. The van der Waals surface area contributed by atoms with Crippen LogP contribution >= 0.6 is 11.6 Å². The molecular weight excluding hydrogens is 406 g/mol. The third-order valence-corrected chi connectivity index (χ3v) is 4.84. The molecule has 0 aliphatic carbocycles. The van der Waals surface area contributed by atoms with Crippen molar-refractivity contribution in [3.63, 3.8) is 0 Å². The SMILES string of the molecule is Cc1c(N[C@@H](C(=O)NNC(=O)c2ccc(C#N)cc2)C(C)(C)O)ccc(C#N)c1Cl. The summed E-state index contributed by atoms with van der Waals surface area (Å²) in [6.07, 6.45) is 0. The lowest BCUT2D eigenvalue weighted by Crippen LogP contribution is -2.56. The molecule has 0 heterocycles. The zero-order chi connectivity index (χ0) is 22.5. The van der Waals surface area contributed by atoms with Crippen LogP contribution in [0.15, 0.2) is 36.4 Å². The van der Waals surface area contributed by atoms with Gasteiger partial charge in [-0.3, -0.25) is 20.4 Å². The zero-order valence-corrected chi connectivity index (χ0v) is 17.3. The molecular formula is C21H20ClN5O3. The van der Waals surface area contributed by atoms with Crippen molar-refractivity contribution in [3.05, 3.63) is 63.7 Å². The number of hydrazine groups is 1. The number of nitrogens with one attached hydrogen (secondary N) is 3. The van der Waals surface area contributed by atoms with E-state index in [4.69, 9.17) is 22.1 Å². The molecule has 2 amide bonds. The Morgan fingerprint density at radius 2 is 1.70 bits per heavy atom. The van der Waals surface area contributed by atoms with Crippen molar-refractivity contribution in [3.8, 4) is 12.1 Å². The van der Waals surface area contributed by atoms with Gasteiger partial charge in [-0.05, 0) is 62.7 Å². The molecule has 2 aromatic rings. The van der Waals surface area contributed by atoms with Gasteiger partial charge in [0, 0.05) is 11.3 Å². The summed E-state index contributed by atoms with van der Waals surface area (Å²) in [7, 11) is 0. The Labute approximate surface area is 179 Å². The number of benzene rings is 2. The standard InChI is InChI=1S/C21H20ClN5O3/c1-12-16(9-8-15(11-24)17(12)22)25-18(21(2,3)30)20(29)27-26-19(28)14-6-4-13(10-23)5-7-14/h4-9,18,25,30H,1-3H3,(H,26,28)(H,27,29)/t18-/m0/s1. The summed E-state index contributed by atoms with van der Waals surface area (Å²) < 4.78 is 0. The van der Waals surface area contributed by atoms with Crippen LogP contribution in [-0.2, 0) is 4.79 Å². The number of hydrogen-bond donors (Lipinski definition) is 4. The lowest BCUT2D eigenvalue weighted by molar-refractivity contribution is -0.127. The number of rotatable bonds is 5. The molecule has 0 fully saturated rings. The molecule has 0 spiro atoms. The Kier molecular flexibility index (Phi) is 7.01. The fraction of sp³-hybridized carbons (Fsp3) is 0.238. The van der Waals surface area contributed by atoms with Crippen LogP contribution in [0, 0.1) is 29.6 Å². The van der Waals surface area contributed by atoms with E-state index in [0.717, 1.165) is 0 Å². The summed E-state index contributed by atoms with van der Waals surface area (Å²) >= 11 is 6.17. The Hall–Kier alpha value is -3.59. The molecule has 30 heavy (non-hydrogen) atoms. The van der Waals surface area contributed by atoms with E-state index in [1.165, 1.54) is 44.2 Å². The Morgan fingerprint density at radius 1 is 1.07 bits per heavy atom. The minimum Gasteiger partial charge on any atom is -0.388 e. The molecule has 0 aromatic heterocycles. The number of halogens is 1. The van der Waals surface area contributed by atoms with Gasteiger partial charge in [0.05, 0.1) is 27.8 Å². The van der Waals surface area contributed by atoms with Gasteiger partial charge in [0.1, 0.15) is 12.1 Å². The first-order valence-corrected chi connectivity index (χ1v) is 9.24. The van der Waals surface area contributed by atoms with Crippen molar-refractivity contribution in [2.75, 3.05) is 5.32 Å². The third-order valence-electron chi connectivity index (χ3n) is 4.35. The van der Waals surface area contributed by atoms with Crippen LogP contribution in [-0.4, -0.2) is 28.6 Å². The number of anilines is 1. The van der Waals surface area contributed by atoms with Gasteiger partial charge in [-0.15, -0.1) is 0 Å². The van der Waals surface area contributed by atoms with Gasteiger partial charge < -0.3 is 10.4 Å². The van der Waals surface area contributed by atoms with Crippen LogP contribution in [0.25, 0.3) is 0 Å². The van der Waals surface area contributed by atoms with Gasteiger partial charge in [0.2, 0.25) is 0 Å². The molecule has 8 nitrogen and oxygen atoms in total. The summed E-state index contributed by atoms with van der Waals surface area (Å²) in [5, 5.41) is 31.5. The van der Waals surface area contributed by atoms with Crippen molar-refractivity contribution in [2.24, 2.45) is 0 Å². The lowest BCUT2D eigenvalue weighted by Gasteiger charge is -2.30. The van der Waals surface area contributed by atoms with Crippen molar-refractivity contribution in [2.45, 2.75) is 32.4 Å². The molecule has 154 valence electrons. The van der Waals surface area contributed by atoms with Gasteiger partial charge in [0.15, 0.2) is 0 Å². The highest BCUT2D eigenvalue weighted by Crippen LogP contribution is 2.28. The van der Waals surface area contributed by atoms with Gasteiger partial charge in [0.25, 0.3) is 11.8 Å². The monoisotopic (exact) mass is 425 g/mol. The zero-order valence-electron chi connectivity index (χ0n) is 16.6. The van der Waals surface area contributed by atoms with E-state index >= 15 is 0 Å². The summed E-state index contributed by atoms with van der Waals surface area (Å²) in [6.45, 7) is 4.55. The number of nitriles is 2. The number of carbonyl (C=O) groups excluding carboxylic acids is 2. The maximum atomic E-state index is 12.7. The van der Waals surface area contributed by atoms with Crippen LogP contribution in [0.2, 0.25) is 5.02 Å². The third kappa shape index (κ3) is 5.26. The summed E-state index contributed by atoms with van der Waals surface area (Å²) in [6, 6.07) is 11.7. The summed E-state index contributed by atoms with van der Waals surface area (Å²) in [4.78, 5) is 24.9. The minimum absolute atomic E-state index is 0.242. The molecule has 0 aliphatic heterocycles. The number of nitrogens with zero attached hydrogens (tertiary/aromatic N) is 2. The van der Waals surface area contributed by atoms with Gasteiger partial charge >= 0.3 is 0 Å². The largest absolute Gasteiger partial charge is 0.388 e. The molecule has 4 N–H and O–H groups in total. The van der Waals surface area contributed by atoms with Crippen LogP contribution in [0.5, 0.6) is 0 Å². The average molecular weight is 426 g/mol. The van der Waals surface area contributed by atoms with Crippen LogP contribution in [0.3, 0.4) is 0 Å². The molecule has 0 bridgehead atoms. The van der Waals surface area contributed by atoms with Crippen LogP contribution in [0.4, 0.5) is 5.69 Å². The second kappa shape index (κ2) is 9.27. The highest BCUT2D eigenvalue weighted by Gasteiger charge is 2.34. The first-order chi connectivity index (χ1) is 14.1. The van der Waals surface area contributed by atoms with Gasteiger partial charge in [-0.1, -0.05) is 11.6 Å². The highest BCUT2D eigenvalue weighted by molar-refractivity contribution is 6.32. The Morgan fingerprint density at radius 3 is 2.23 bits per heavy atom. The molecule has 0 aliphatic rings. The number of amides is 2. The quantitative estimate of drug-likeness (QED) is 0.542. The maximum Gasteiger partial charge on any atom is 0.269 e. The minimum atomic E-state index is -1.50. The lowest BCUT2D eigenvalue weighted by atomic mass is 9.97. The smallest absolute Gasteiger partial charge is 0.269 e. The van der Waals surface area contributed by atoms with Crippen molar-refractivity contribution in [1.29, 1.82) is 10.5 Å². The van der Waals surface area contributed by atoms with E-state index in [2.05, 4.69) is 16.2 Å². The Bertz CT molecular complexity index is 1050. The topological polar surface area (TPSA) is 138 Å². The van der Waals surface area contributed by atoms with E-state index in [-0.39, 0.29) is 10.6 Å². The van der Waals surface area contributed by atoms with Gasteiger partial charge in [-0.2, -0.15) is 10.5 Å². The van der Waals surface area contributed by atoms with Crippen molar-refractivity contribution < 1.29 is 14.7 Å². The van der Waals surface area contributed by atoms with E-state index in [1.54, 1.807) is 13.0 Å². The number of carbonyl (C=O) groups is 2. The molecule has 2 rings (SSSR count). The molecule has 0 radical (unpaired) electrons. The summed E-state index contributed by atoms with van der Waals surface area (Å²) in [5.74, 6) is -1.27. The fourth-order valence-electron chi connectivity index (χ4n) is 2.61. The number of aliphatic hydroxyl groups is 1. The van der Waals surface area contributed by atoms with Crippen LogP contribution < -0.4 is 16.2 Å². The fourth-order valence-corrected chi connectivity index (χ4v) is 2.81. The molecule has 0 saturated heterocycles. The number of hydrogen-bond acceptors (Lipinski definition) is 6. The van der Waals surface area contributed by atoms with Crippen molar-refractivity contribution in [1.82, 2.24) is 10.9 Å². The van der Waals surface area contributed by atoms with E-state index in [9.17, 15) is 14.7 Å². The van der Waals surface area contributed by atoms with Crippen molar-refractivity contribution >= 4 is 29.1 Å². The maximum absolute atomic E-state index is 12.7. The first kappa shape index (κ1) is 22.7. The molecule has 0 unspecified atom stereocenters. The Balaban J connectivity index is 2.15. The van der Waals surface area contributed by atoms with Crippen LogP contribution in [0.1, 0.15) is 40.9 Å². The van der Waals surface area contributed by atoms with E-state index < -0.39 is 23.5 Å². The second-order valence-electron chi connectivity index (χ2n) is 7.08. The summed E-state index contributed by atoms with van der Waals surface area (Å²) in [5.41, 5.74) is 4.99. The molecule has 0 saturated carbocycles. The van der Waals surface area contributed by atoms with E-state index in [0.29, 0.717) is 22.4 Å². The predicted octanol–water partition coefficient (Wildman–Crippen LogP) is 2.40. The average Bonchev–Trinajstić information content (AvgIpc) is 2.72. The molecule has 9 heteroatoms. The second-order valence-corrected chi connectivity index (χ2v) is 7.45. The molecule has 2 aromatic carbocycles. The normalized spacial score (nSPS) is 11.6. The van der Waals surface area contributed by atoms with Gasteiger partial charge in [-0.25, -0.2) is 0 Å². The van der Waals surface area contributed by atoms with E-state index in [1.807, 2.05) is 12.1 Å². The highest BCUT2D eigenvalue weighted by atomic mass is 35.5.